The molecule has 2 aliphatic rings. The van der Waals surface area contributed by atoms with Gasteiger partial charge in [0.05, 0.1) is 25.7 Å². The number of nitriles is 1. The van der Waals surface area contributed by atoms with Crippen LogP contribution in [0.3, 0.4) is 0 Å². The SMILES string of the molecule is N#CCc1ccccc1O[C@@H]1O[C@H](CO[C@@H]2O[C@H](CO)[C@@H](O)[C@H](O)[C@H]2O)[C@@H](O)[C@H](O)[C@H]1O. The predicted molar refractivity (Wildman–Crippen MR) is 103 cm³/mol. The Balaban J connectivity index is 1.67. The molecule has 32 heavy (non-hydrogen) atoms. The molecule has 10 atom stereocenters. The third-order valence-corrected chi connectivity index (χ3v) is 5.43. The number of nitrogens with zero attached hydrogens (tertiary/aromatic N) is 1. The van der Waals surface area contributed by atoms with E-state index in [0.29, 0.717) is 5.56 Å². The molecule has 12 heteroatoms. The zero-order chi connectivity index (χ0) is 23.4. The molecule has 0 aromatic heterocycles. The van der Waals surface area contributed by atoms with Gasteiger partial charge in [-0.25, -0.2) is 0 Å². The first-order valence-electron chi connectivity index (χ1n) is 10.0. The van der Waals surface area contributed by atoms with Crippen LogP contribution in [0, 0.1) is 11.3 Å². The summed E-state index contributed by atoms with van der Waals surface area (Å²) in [4.78, 5) is 0. The average Bonchev–Trinajstić information content (AvgIpc) is 2.79. The molecule has 1 aromatic rings. The minimum atomic E-state index is -1.67. The molecule has 2 fully saturated rings. The van der Waals surface area contributed by atoms with Gasteiger partial charge in [0.1, 0.15) is 54.6 Å². The van der Waals surface area contributed by atoms with E-state index in [-0.39, 0.29) is 12.2 Å². The van der Waals surface area contributed by atoms with Crippen LogP contribution in [0.2, 0.25) is 0 Å². The summed E-state index contributed by atoms with van der Waals surface area (Å²) in [6.45, 7) is -1.11. The van der Waals surface area contributed by atoms with Crippen LogP contribution in [0.4, 0.5) is 0 Å². The molecular weight excluding hydrogens is 430 g/mol. The quantitative estimate of drug-likeness (QED) is 0.216. The fourth-order valence-corrected chi connectivity index (χ4v) is 3.52. The summed E-state index contributed by atoms with van der Waals surface area (Å²) in [5.74, 6) is 0.246. The maximum atomic E-state index is 10.3. The zero-order valence-corrected chi connectivity index (χ0v) is 16.9. The zero-order valence-electron chi connectivity index (χ0n) is 16.9. The molecule has 12 nitrogen and oxygen atoms in total. The second-order valence-electron chi connectivity index (χ2n) is 7.61. The Hall–Kier alpha value is -1.89. The molecule has 2 aliphatic heterocycles. The number of hydrogen-bond donors (Lipinski definition) is 7. The molecule has 7 N–H and O–H groups in total. The lowest BCUT2D eigenvalue weighted by Crippen LogP contribution is -2.62. The van der Waals surface area contributed by atoms with Crippen LogP contribution in [0.15, 0.2) is 24.3 Å². The number of benzene rings is 1. The van der Waals surface area contributed by atoms with Crippen LogP contribution in [0.25, 0.3) is 0 Å². The fraction of sp³-hybridized carbons (Fsp3) is 0.650. The first kappa shape index (κ1) is 24.7. The molecule has 2 heterocycles. The highest BCUT2D eigenvalue weighted by Gasteiger charge is 2.47. The van der Waals surface area contributed by atoms with Gasteiger partial charge in [0.2, 0.25) is 6.29 Å². The maximum absolute atomic E-state index is 10.3. The van der Waals surface area contributed by atoms with Crippen molar-refractivity contribution < 1.29 is 54.7 Å². The lowest BCUT2D eigenvalue weighted by molar-refractivity contribution is -0.323. The van der Waals surface area contributed by atoms with Gasteiger partial charge in [-0.05, 0) is 6.07 Å². The Morgan fingerprint density at radius 1 is 0.812 bits per heavy atom. The van der Waals surface area contributed by atoms with Crippen molar-refractivity contribution in [2.24, 2.45) is 0 Å². The molecule has 0 amide bonds. The smallest absolute Gasteiger partial charge is 0.229 e. The summed E-state index contributed by atoms with van der Waals surface area (Å²) in [5.41, 5.74) is 0.528. The summed E-state index contributed by atoms with van der Waals surface area (Å²) in [7, 11) is 0. The van der Waals surface area contributed by atoms with Gasteiger partial charge in [-0.2, -0.15) is 5.26 Å². The van der Waals surface area contributed by atoms with E-state index in [2.05, 4.69) is 0 Å². The number of para-hydroxylation sites is 1. The van der Waals surface area contributed by atoms with Gasteiger partial charge in [-0.1, -0.05) is 18.2 Å². The number of rotatable bonds is 7. The van der Waals surface area contributed by atoms with Crippen molar-refractivity contribution in [1.82, 2.24) is 0 Å². The van der Waals surface area contributed by atoms with Crippen molar-refractivity contribution in [3.05, 3.63) is 29.8 Å². The van der Waals surface area contributed by atoms with E-state index in [1.807, 2.05) is 6.07 Å². The van der Waals surface area contributed by atoms with Gasteiger partial charge >= 0.3 is 0 Å². The molecular formula is C20H27NO11. The summed E-state index contributed by atoms with van der Waals surface area (Å²) in [5, 5.41) is 78.7. The molecule has 0 spiro atoms. The molecule has 0 radical (unpaired) electrons. The lowest BCUT2D eigenvalue weighted by Gasteiger charge is -2.42. The molecule has 0 saturated carbocycles. The minimum Gasteiger partial charge on any atom is -0.462 e. The number of hydrogen-bond acceptors (Lipinski definition) is 12. The van der Waals surface area contributed by atoms with E-state index in [1.54, 1.807) is 24.3 Å². The standard InChI is InChI=1S/C20H27NO11/c21-6-5-9-3-1-2-4-10(9)30-20-18(28)16(26)14(24)12(32-20)8-29-19-17(27)15(25)13(23)11(7-22)31-19/h1-4,11-20,22-28H,5,7-8H2/t11-,12-,13-,14-,15+,16+,17-,18-,19-,20-/m1/s1. The Morgan fingerprint density at radius 2 is 1.41 bits per heavy atom. The topological polar surface area (TPSA) is 202 Å². The third-order valence-electron chi connectivity index (χ3n) is 5.43. The monoisotopic (exact) mass is 457 g/mol. The summed E-state index contributed by atoms with van der Waals surface area (Å²) < 4.78 is 21.8. The Bertz CT molecular complexity index is 787. The summed E-state index contributed by atoms with van der Waals surface area (Å²) >= 11 is 0. The van der Waals surface area contributed by atoms with E-state index < -0.39 is 74.6 Å². The molecule has 2 saturated heterocycles. The Labute approximate surface area is 183 Å². The molecule has 3 rings (SSSR count). The molecule has 0 bridgehead atoms. The molecule has 0 aliphatic carbocycles. The van der Waals surface area contributed by atoms with Gasteiger partial charge in [0, 0.05) is 5.56 Å². The van der Waals surface area contributed by atoms with Crippen LogP contribution in [-0.2, 0) is 20.6 Å². The van der Waals surface area contributed by atoms with Crippen LogP contribution >= 0.6 is 0 Å². The van der Waals surface area contributed by atoms with Gasteiger partial charge in [0.25, 0.3) is 0 Å². The van der Waals surface area contributed by atoms with Crippen molar-refractivity contribution in [2.45, 2.75) is 67.8 Å². The molecule has 0 unspecified atom stereocenters. The van der Waals surface area contributed by atoms with Crippen LogP contribution in [0.1, 0.15) is 5.56 Å². The number of aliphatic hydroxyl groups excluding tert-OH is 7. The van der Waals surface area contributed by atoms with Crippen molar-refractivity contribution in [3.8, 4) is 11.8 Å². The van der Waals surface area contributed by atoms with Crippen LogP contribution in [-0.4, -0.2) is 110 Å². The second kappa shape index (κ2) is 10.8. The number of ether oxygens (including phenoxy) is 4. The highest BCUT2D eigenvalue weighted by molar-refractivity contribution is 5.35. The van der Waals surface area contributed by atoms with E-state index in [9.17, 15) is 35.7 Å². The number of aliphatic hydroxyl groups is 7. The first-order valence-corrected chi connectivity index (χ1v) is 10.0. The summed E-state index contributed by atoms with van der Waals surface area (Å²) in [6.07, 6.45) is -15.0. The normalized spacial score (nSPS) is 39.9. The van der Waals surface area contributed by atoms with Crippen LogP contribution < -0.4 is 4.74 Å². The fourth-order valence-electron chi connectivity index (χ4n) is 3.52. The van der Waals surface area contributed by atoms with Crippen molar-refractivity contribution >= 4 is 0 Å². The largest absolute Gasteiger partial charge is 0.462 e. The van der Waals surface area contributed by atoms with Gasteiger partial charge < -0.3 is 54.7 Å². The average molecular weight is 457 g/mol. The van der Waals surface area contributed by atoms with Gasteiger partial charge in [-0.15, -0.1) is 0 Å². The summed E-state index contributed by atoms with van der Waals surface area (Å²) in [6, 6.07) is 8.54. The first-order chi connectivity index (χ1) is 15.3. The van der Waals surface area contributed by atoms with E-state index >= 15 is 0 Å². The highest BCUT2D eigenvalue weighted by atomic mass is 16.7. The molecule has 1 aromatic carbocycles. The van der Waals surface area contributed by atoms with E-state index in [4.69, 9.17) is 24.2 Å². The Kier molecular flexibility index (Phi) is 8.37. The second-order valence-corrected chi connectivity index (χ2v) is 7.61. The maximum Gasteiger partial charge on any atom is 0.229 e. The van der Waals surface area contributed by atoms with E-state index in [0.717, 1.165) is 0 Å². The predicted octanol–water partition coefficient (Wildman–Crippen LogP) is -3.24. The minimum absolute atomic E-state index is 0.0355. The van der Waals surface area contributed by atoms with Gasteiger partial charge in [-0.3, -0.25) is 0 Å². The van der Waals surface area contributed by atoms with Gasteiger partial charge in [0.15, 0.2) is 6.29 Å². The van der Waals surface area contributed by atoms with E-state index in [1.165, 1.54) is 0 Å². The Morgan fingerprint density at radius 3 is 2.06 bits per heavy atom. The van der Waals surface area contributed by atoms with Crippen molar-refractivity contribution in [3.63, 3.8) is 0 Å². The highest BCUT2D eigenvalue weighted by Crippen LogP contribution is 2.28. The third kappa shape index (κ3) is 5.19. The lowest BCUT2D eigenvalue weighted by atomic mass is 9.98. The molecule has 178 valence electrons. The van der Waals surface area contributed by atoms with Crippen LogP contribution in [0.5, 0.6) is 5.75 Å². The van der Waals surface area contributed by atoms with Crippen molar-refractivity contribution in [2.75, 3.05) is 13.2 Å². The van der Waals surface area contributed by atoms with Crippen molar-refractivity contribution in [1.29, 1.82) is 5.26 Å².